The second kappa shape index (κ2) is 4.19. The SMILES string of the molecule is NCc1cnnc(-c2c[nH]c3c(F)cccc23)c1. The molecule has 0 spiro atoms. The van der Waals surface area contributed by atoms with E-state index in [0.717, 1.165) is 16.5 Å². The molecule has 0 aliphatic carbocycles. The predicted octanol–water partition coefficient (Wildman–Crippen LogP) is 2.22. The van der Waals surface area contributed by atoms with Crippen LogP contribution >= 0.6 is 0 Å². The van der Waals surface area contributed by atoms with Crippen LogP contribution in [0.15, 0.2) is 36.7 Å². The summed E-state index contributed by atoms with van der Waals surface area (Å²) in [6.07, 6.45) is 3.36. The summed E-state index contributed by atoms with van der Waals surface area (Å²) in [7, 11) is 0. The molecule has 0 atom stereocenters. The monoisotopic (exact) mass is 242 g/mol. The lowest BCUT2D eigenvalue weighted by Gasteiger charge is -2.00. The lowest BCUT2D eigenvalue weighted by molar-refractivity contribution is 0.637. The number of hydrogen-bond acceptors (Lipinski definition) is 3. The van der Waals surface area contributed by atoms with Gasteiger partial charge in [-0.1, -0.05) is 12.1 Å². The summed E-state index contributed by atoms with van der Waals surface area (Å²) in [5.41, 5.74) is 8.46. The highest BCUT2D eigenvalue weighted by Gasteiger charge is 2.10. The molecular weight excluding hydrogens is 231 g/mol. The number of H-pyrrole nitrogens is 1. The molecule has 0 aliphatic heterocycles. The Bertz CT molecular complexity index is 705. The van der Waals surface area contributed by atoms with E-state index in [-0.39, 0.29) is 5.82 Å². The lowest BCUT2D eigenvalue weighted by Crippen LogP contribution is -1.98. The van der Waals surface area contributed by atoms with Gasteiger partial charge in [-0.05, 0) is 17.7 Å². The largest absolute Gasteiger partial charge is 0.358 e. The highest BCUT2D eigenvalue weighted by molar-refractivity contribution is 5.94. The van der Waals surface area contributed by atoms with Crippen LogP contribution in [0, 0.1) is 5.82 Å². The van der Waals surface area contributed by atoms with Crippen molar-refractivity contribution in [2.75, 3.05) is 0 Å². The van der Waals surface area contributed by atoms with Crippen molar-refractivity contribution in [2.45, 2.75) is 6.54 Å². The molecule has 90 valence electrons. The van der Waals surface area contributed by atoms with E-state index in [1.54, 1.807) is 18.5 Å². The van der Waals surface area contributed by atoms with Gasteiger partial charge in [0.05, 0.1) is 17.4 Å². The number of nitrogens with one attached hydrogen (secondary N) is 1. The molecule has 2 heterocycles. The van der Waals surface area contributed by atoms with Crippen LogP contribution in [0.3, 0.4) is 0 Å². The van der Waals surface area contributed by atoms with Crippen LogP contribution in [0.2, 0.25) is 0 Å². The van der Waals surface area contributed by atoms with Gasteiger partial charge in [-0.25, -0.2) is 4.39 Å². The first kappa shape index (κ1) is 10.9. The highest BCUT2D eigenvalue weighted by Crippen LogP contribution is 2.28. The number of nitrogens with zero attached hydrogens (tertiary/aromatic N) is 2. The summed E-state index contributed by atoms with van der Waals surface area (Å²) in [6.45, 7) is 0.402. The van der Waals surface area contributed by atoms with Gasteiger partial charge in [-0.15, -0.1) is 0 Å². The van der Waals surface area contributed by atoms with Crippen molar-refractivity contribution in [3.63, 3.8) is 0 Å². The minimum Gasteiger partial charge on any atom is -0.358 e. The fraction of sp³-hybridized carbons (Fsp3) is 0.0769. The molecule has 0 amide bonds. The second-order valence-electron chi connectivity index (χ2n) is 4.02. The molecule has 0 saturated heterocycles. The molecule has 0 saturated carbocycles. The molecule has 0 unspecified atom stereocenters. The molecule has 3 aromatic rings. The number of aromatic amines is 1. The van der Waals surface area contributed by atoms with E-state index < -0.39 is 0 Å². The third kappa shape index (κ3) is 1.65. The van der Waals surface area contributed by atoms with E-state index >= 15 is 0 Å². The van der Waals surface area contributed by atoms with Gasteiger partial charge in [-0.3, -0.25) is 0 Å². The Morgan fingerprint density at radius 3 is 3.06 bits per heavy atom. The number of para-hydroxylation sites is 1. The van der Waals surface area contributed by atoms with E-state index in [9.17, 15) is 4.39 Å². The van der Waals surface area contributed by atoms with Crippen LogP contribution in [0.5, 0.6) is 0 Å². The molecule has 0 fully saturated rings. The zero-order chi connectivity index (χ0) is 12.5. The molecule has 0 aliphatic rings. The average molecular weight is 242 g/mol. The molecular formula is C13H11FN4. The molecule has 3 N–H and O–H groups in total. The van der Waals surface area contributed by atoms with Crippen LogP contribution in [-0.2, 0) is 6.54 Å². The van der Waals surface area contributed by atoms with Crippen LogP contribution in [0.25, 0.3) is 22.2 Å². The first-order valence-corrected chi connectivity index (χ1v) is 5.57. The normalized spacial score (nSPS) is 11.0. The Balaban J connectivity index is 2.22. The molecule has 2 aromatic heterocycles. The Morgan fingerprint density at radius 1 is 1.33 bits per heavy atom. The number of hydrogen-bond donors (Lipinski definition) is 2. The molecule has 5 heteroatoms. The van der Waals surface area contributed by atoms with Crippen LogP contribution < -0.4 is 5.73 Å². The van der Waals surface area contributed by atoms with E-state index in [2.05, 4.69) is 15.2 Å². The molecule has 0 bridgehead atoms. The van der Waals surface area contributed by atoms with Gasteiger partial charge in [-0.2, -0.15) is 10.2 Å². The summed E-state index contributed by atoms with van der Waals surface area (Å²) >= 11 is 0. The van der Waals surface area contributed by atoms with Crippen molar-refractivity contribution >= 4 is 10.9 Å². The van der Waals surface area contributed by atoms with Crippen LogP contribution in [0.4, 0.5) is 4.39 Å². The Kier molecular flexibility index (Phi) is 2.53. The fourth-order valence-corrected chi connectivity index (χ4v) is 1.98. The van der Waals surface area contributed by atoms with E-state index in [4.69, 9.17) is 5.73 Å². The van der Waals surface area contributed by atoms with Crippen molar-refractivity contribution in [3.8, 4) is 11.3 Å². The van der Waals surface area contributed by atoms with Gasteiger partial charge in [0, 0.05) is 23.7 Å². The van der Waals surface area contributed by atoms with E-state index in [0.29, 0.717) is 17.8 Å². The van der Waals surface area contributed by atoms with Crippen molar-refractivity contribution in [1.29, 1.82) is 0 Å². The number of rotatable bonds is 2. The predicted molar refractivity (Wildman–Crippen MR) is 67.2 cm³/mol. The number of fused-ring (bicyclic) bond motifs is 1. The Hall–Kier alpha value is -2.27. The third-order valence-corrected chi connectivity index (χ3v) is 2.89. The average Bonchev–Trinajstić information content (AvgIpc) is 2.84. The number of halogens is 1. The van der Waals surface area contributed by atoms with Gasteiger partial charge in [0.25, 0.3) is 0 Å². The first-order valence-electron chi connectivity index (χ1n) is 5.57. The quantitative estimate of drug-likeness (QED) is 0.724. The standard InChI is InChI=1S/C13H11FN4/c14-11-3-1-2-9-10(7-16-13(9)11)12-4-8(5-15)6-17-18-12/h1-4,6-7,16H,5,15H2. The van der Waals surface area contributed by atoms with Crippen molar-refractivity contribution in [2.24, 2.45) is 5.73 Å². The second-order valence-corrected chi connectivity index (χ2v) is 4.02. The number of benzene rings is 1. The molecule has 4 nitrogen and oxygen atoms in total. The van der Waals surface area contributed by atoms with Gasteiger partial charge in [0.15, 0.2) is 0 Å². The highest BCUT2D eigenvalue weighted by atomic mass is 19.1. The maximum absolute atomic E-state index is 13.6. The van der Waals surface area contributed by atoms with Crippen molar-refractivity contribution in [1.82, 2.24) is 15.2 Å². The summed E-state index contributed by atoms with van der Waals surface area (Å²) in [5, 5.41) is 8.75. The number of aromatic nitrogens is 3. The molecule has 0 radical (unpaired) electrons. The van der Waals surface area contributed by atoms with E-state index in [1.807, 2.05) is 12.1 Å². The summed E-state index contributed by atoms with van der Waals surface area (Å²) in [4.78, 5) is 2.92. The topological polar surface area (TPSA) is 67.6 Å². The third-order valence-electron chi connectivity index (χ3n) is 2.89. The zero-order valence-corrected chi connectivity index (χ0v) is 9.52. The van der Waals surface area contributed by atoms with Gasteiger partial charge < -0.3 is 10.7 Å². The first-order chi connectivity index (χ1) is 8.79. The Labute approximate surface area is 103 Å². The summed E-state index contributed by atoms with van der Waals surface area (Å²) in [6, 6.07) is 6.81. The van der Waals surface area contributed by atoms with Crippen LogP contribution in [0.1, 0.15) is 5.56 Å². The van der Waals surface area contributed by atoms with Gasteiger partial charge in [0.2, 0.25) is 0 Å². The minimum absolute atomic E-state index is 0.276. The smallest absolute Gasteiger partial charge is 0.147 e. The molecule has 1 aromatic carbocycles. The maximum Gasteiger partial charge on any atom is 0.147 e. The van der Waals surface area contributed by atoms with Gasteiger partial charge >= 0.3 is 0 Å². The number of nitrogens with two attached hydrogens (primary N) is 1. The van der Waals surface area contributed by atoms with Gasteiger partial charge in [0.1, 0.15) is 5.82 Å². The summed E-state index contributed by atoms with van der Waals surface area (Å²) in [5.74, 6) is -0.276. The Morgan fingerprint density at radius 2 is 2.22 bits per heavy atom. The summed E-state index contributed by atoms with van der Waals surface area (Å²) < 4.78 is 13.6. The fourth-order valence-electron chi connectivity index (χ4n) is 1.98. The van der Waals surface area contributed by atoms with Crippen molar-refractivity contribution in [3.05, 3.63) is 48.0 Å². The minimum atomic E-state index is -0.276. The lowest BCUT2D eigenvalue weighted by atomic mass is 10.1. The maximum atomic E-state index is 13.6. The molecule has 18 heavy (non-hydrogen) atoms. The molecule has 3 rings (SSSR count). The zero-order valence-electron chi connectivity index (χ0n) is 9.52. The van der Waals surface area contributed by atoms with Crippen molar-refractivity contribution < 1.29 is 4.39 Å². The van der Waals surface area contributed by atoms with Crippen LogP contribution in [-0.4, -0.2) is 15.2 Å². The van der Waals surface area contributed by atoms with E-state index in [1.165, 1.54) is 6.07 Å².